The first-order valence-electron chi connectivity index (χ1n) is 6.32. The van der Waals surface area contributed by atoms with Gasteiger partial charge in [-0.3, -0.25) is 4.79 Å². The minimum Gasteiger partial charge on any atom is -0.341 e. The summed E-state index contributed by atoms with van der Waals surface area (Å²) in [4.78, 5) is 14.0. The lowest BCUT2D eigenvalue weighted by Gasteiger charge is -2.17. The van der Waals surface area contributed by atoms with Crippen molar-refractivity contribution in [2.45, 2.75) is 6.42 Å². The normalized spacial score (nSPS) is 10.3. The summed E-state index contributed by atoms with van der Waals surface area (Å²) in [5.41, 5.74) is 1.83. The number of halogens is 2. The van der Waals surface area contributed by atoms with Gasteiger partial charge in [-0.1, -0.05) is 41.9 Å². The number of carbonyl (C=O) groups is 1. The van der Waals surface area contributed by atoms with E-state index in [2.05, 4.69) is 28.1 Å². The highest BCUT2D eigenvalue weighted by atomic mass is 79.9. The van der Waals surface area contributed by atoms with Crippen molar-refractivity contribution in [2.24, 2.45) is 0 Å². The van der Waals surface area contributed by atoms with E-state index >= 15 is 0 Å². The van der Waals surface area contributed by atoms with Crippen LogP contribution in [0, 0.1) is 0 Å². The Hall–Kier alpha value is -1.32. The molecule has 2 nitrogen and oxygen atoms in total. The van der Waals surface area contributed by atoms with Crippen molar-refractivity contribution in [2.75, 3.05) is 13.6 Å². The van der Waals surface area contributed by atoms with Gasteiger partial charge in [0.2, 0.25) is 0 Å². The third-order valence-electron chi connectivity index (χ3n) is 3.09. The molecule has 0 aliphatic carbocycles. The quantitative estimate of drug-likeness (QED) is 0.798. The van der Waals surface area contributed by atoms with Crippen LogP contribution in [-0.2, 0) is 6.42 Å². The minimum absolute atomic E-state index is 0.0182. The first kappa shape index (κ1) is 15.1. The van der Waals surface area contributed by atoms with Crippen molar-refractivity contribution in [3.8, 4) is 0 Å². The molecule has 2 rings (SSSR count). The fraction of sp³-hybridized carbons (Fsp3) is 0.188. The molecule has 0 unspecified atom stereocenters. The van der Waals surface area contributed by atoms with E-state index in [1.165, 1.54) is 5.56 Å². The van der Waals surface area contributed by atoms with Gasteiger partial charge >= 0.3 is 0 Å². The highest BCUT2D eigenvalue weighted by Crippen LogP contribution is 2.23. The molecule has 104 valence electrons. The zero-order chi connectivity index (χ0) is 14.5. The summed E-state index contributed by atoms with van der Waals surface area (Å²) in [5.74, 6) is -0.0182. The molecule has 0 aliphatic heterocycles. The third kappa shape index (κ3) is 3.84. The number of nitrogens with zero attached hydrogens (tertiary/aromatic N) is 1. The molecule has 0 bridgehead atoms. The van der Waals surface area contributed by atoms with Crippen molar-refractivity contribution < 1.29 is 4.79 Å². The molecule has 0 saturated carbocycles. The second-order valence-electron chi connectivity index (χ2n) is 4.59. The largest absolute Gasteiger partial charge is 0.341 e. The summed E-state index contributed by atoms with van der Waals surface area (Å²) in [6.45, 7) is 0.677. The highest BCUT2D eigenvalue weighted by molar-refractivity contribution is 9.10. The molecule has 0 aliphatic rings. The van der Waals surface area contributed by atoms with E-state index in [9.17, 15) is 4.79 Å². The lowest BCUT2D eigenvalue weighted by atomic mass is 10.1. The van der Waals surface area contributed by atoms with Gasteiger partial charge in [0, 0.05) is 23.6 Å². The van der Waals surface area contributed by atoms with Crippen LogP contribution in [0.3, 0.4) is 0 Å². The van der Waals surface area contributed by atoms with Crippen molar-refractivity contribution in [1.29, 1.82) is 0 Å². The summed E-state index contributed by atoms with van der Waals surface area (Å²) < 4.78 is 0.794. The van der Waals surface area contributed by atoms with Crippen molar-refractivity contribution >= 4 is 33.4 Å². The van der Waals surface area contributed by atoms with Gasteiger partial charge in [0.15, 0.2) is 0 Å². The first-order valence-corrected chi connectivity index (χ1v) is 7.49. The number of amides is 1. The smallest absolute Gasteiger partial charge is 0.253 e. The standard InChI is InChI=1S/C16H15BrClNO/c1-19(10-9-12-5-3-2-4-6-12)16(20)13-7-8-14(17)15(18)11-13/h2-8,11H,9-10H2,1H3. The molecule has 0 N–H and O–H groups in total. The molecule has 0 spiro atoms. The maximum atomic E-state index is 12.3. The molecule has 0 radical (unpaired) electrons. The summed E-state index contributed by atoms with van der Waals surface area (Å²) in [5, 5.41) is 0.548. The van der Waals surface area contributed by atoms with E-state index in [0.717, 1.165) is 10.9 Å². The zero-order valence-corrected chi connectivity index (χ0v) is 13.5. The second-order valence-corrected chi connectivity index (χ2v) is 5.85. The van der Waals surface area contributed by atoms with E-state index in [0.29, 0.717) is 17.1 Å². The molecular formula is C16H15BrClNO. The highest BCUT2D eigenvalue weighted by Gasteiger charge is 2.12. The van der Waals surface area contributed by atoms with Gasteiger partial charge in [-0.15, -0.1) is 0 Å². The Morgan fingerprint density at radius 2 is 1.90 bits per heavy atom. The van der Waals surface area contributed by atoms with Gasteiger partial charge in [-0.25, -0.2) is 0 Å². The molecule has 1 amide bonds. The monoisotopic (exact) mass is 351 g/mol. The Balaban J connectivity index is 1.99. The lowest BCUT2D eigenvalue weighted by Crippen LogP contribution is -2.28. The molecule has 0 fully saturated rings. The number of carbonyl (C=O) groups excluding carboxylic acids is 1. The van der Waals surface area contributed by atoms with E-state index < -0.39 is 0 Å². The lowest BCUT2D eigenvalue weighted by molar-refractivity contribution is 0.0796. The van der Waals surface area contributed by atoms with Crippen LogP contribution in [0.2, 0.25) is 5.02 Å². The second kappa shape index (κ2) is 6.91. The maximum absolute atomic E-state index is 12.3. The molecule has 2 aromatic carbocycles. The maximum Gasteiger partial charge on any atom is 0.253 e. The minimum atomic E-state index is -0.0182. The molecule has 0 heterocycles. The van der Waals surface area contributed by atoms with Crippen LogP contribution in [0.4, 0.5) is 0 Å². The Bertz CT molecular complexity index is 601. The van der Waals surface area contributed by atoms with E-state index in [1.54, 1.807) is 30.1 Å². The Labute approximate surface area is 132 Å². The third-order valence-corrected chi connectivity index (χ3v) is 4.32. The van der Waals surface area contributed by atoms with Crippen molar-refractivity contribution in [3.63, 3.8) is 0 Å². The van der Waals surface area contributed by atoms with E-state index in [1.807, 2.05) is 18.2 Å². The van der Waals surface area contributed by atoms with Crippen LogP contribution in [0.5, 0.6) is 0 Å². The topological polar surface area (TPSA) is 20.3 Å². The summed E-state index contributed by atoms with van der Waals surface area (Å²) in [6.07, 6.45) is 0.841. The number of hydrogen-bond acceptors (Lipinski definition) is 1. The predicted octanol–water partition coefficient (Wildman–Crippen LogP) is 4.42. The summed E-state index contributed by atoms with van der Waals surface area (Å²) in [7, 11) is 1.81. The van der Waals surface area contributed by atoms with E-state index in [4.69, 9.17) is 11.6 Å². The fourth-order valence-corrected chi connectivity index (χ4v) is 2.32. The average Bonchev–Trinajstić information content (AvgIpc) is 2.48. The van der Waals surface area contributed by atoms with Crippen LogP contribution < -0.4 is 0 Å². The fourth-order valence-electron chi connectivity index (χ4n) is 1.89. The van der Waals surface area contributed by atoms with Crippen LogP contribution in [-0.4, -0.2) is 24.4 Å². The number of rotatable bonds is 4. The number of benzene rings is 2. The van der Waals surface area contributed by atoms with Gasteiger partial charge in [0.25, 0.3) is 5.91 Å². The molecule has 2 aromatic rings. The average molecular weight is 353 g/mol. The molecule has 4 heteroatoms. The van der Waals surface area contributed by atoms with Gasteiger partial charge in [-0.2, -0.15) is 0 Å². The summed E-state index contributed by atoms with van der Waals surface area (Å²) >= 11 is 9.34. The Morgan fingerprint density at radius 1 is 1.20 bits per heavy atom. The SMILES string of the molecule is CN(CCc1ccccc1)C(=O)c1ccc(Br)c(Cl)c1. The van der Waals surface area contributed by atoms with Gasteiger partial charge < -0.3 is 4.90 Å². The van der Waals surface area contributed by atoms with Crippen molar-refractivity contribution in [1.82, 2.24) is 4.90 Å². The Morgan fingerprint density at radius 3 is 2.55 bits per heavy atom. The van der Waals surface area contributed by atoms with Crippen LogP contribution in [0.1, 0.15) is 15.9 Å². The Kier molecular flexibility index (Phi) is 5.21. The zero-order valence-electron chi connectivity index (χ0n) is 11.1. The number of likely N-dealkylation sites (N-methyl/N-ethyl adjacent to an activating group) is 1. The van der Waals surface area contributed by atoms with E-state index in [-0.39, 0.29) is 5.91 Å². The first-order chi connectivity index (χ1) is 9.58. The van der Waals surface area contributed by atoms with Gasteiger partial charge in [-0.05, 0) is 46.1 Å². The molecule has 0 atom stereocenters. The number of hydrogen-bond donors (Lipinski definition) is 0. The molecule has 0 aromatic heterocycles. The van der Waals surface area contributed by atoms with Crippen molar-refractivity contribution in [3.05, 3.63) is 69.2 Å². The molecule has 20 heavy (non-hydrogen) atoms. The molecule has 0 saturated heterocycles. The van der Waals surface area contributed by atoms with Crippen LogP contribution in [0.15, 0.2) is 53.0 Å². The molecular weight excluding hydrogens is 338 g/mol. The summed E-state index contributed by atoms with van der Waals surface area (Å²) in [6, 6.07) is 15.4. The van der Waals surface area contributed by atoms with Crippen LogP contribution >= 0.6 is 27.5 Å². The predicted molar refractivity (Wildman–Crippen MR) is 86.3 cm³/mol. The van der Waals surface area contributed by atoms with Gasteiger partial charge in [0.05, 0.1) is 5.02 Å². The van der Waals surface area contributed by atoms with Gasteiger partial charge in [0.1, 0.15) is 0 Å². The van der Waals surface area contributed by atoms with Crippen LogP contribution in [0.25, 0.3) is 0 Å².